The molecule has 2 aromatic rings. The zero-order valence-electron chi connectivity index (χ0n) is 20.5. The van der Waals surface area contributed by atoms with E-state index in [9.17, 15) is 9.59 Å². The Bertz CT molecular complexity index is 794. The van der Waals surface area contributed by atoms with Crippen molar-refractivity contribution in [1.29, 1.82) is 0 Å². The molecule has 0 aromatic heterocycles. The molecule has 0 amide bonds. The number of ether oxygens (including phenoxy) is 2. The molecule has 5 nitrogen and oxygen atoms in total. The summed E-state index contributed by atoms with van der Waals surface area (Å²) >= 11 is 0. The summed E-state index contributed by atoms with van der Waals surface area (Å²) in [4.78, 5) is 22.5. The third-order valence-corrected chi connectivity index (χ3v) is 6.36. The highest BCUT2D eigenvalue weighted by Crippen LogP contribution is 2.24. The third-order valence-electron chi connectivity index (χ3n) is 6.36. The number of aliphatic hydroxyl groups excluding tert-OH is 1. The Balaban J connectivity index is 0.000000195. The first-order valence-electron chi connectivity index (χ1n) is 12.6. The molecule has 0 atom stereocenters. The normalized spacial score (nSPS) is 16.2. The monoisotopic (exact) mass is 468 g/mol. The van der Waals surface area contributed by atoms with Crippen LogP contribution in [0, 0.1) is 11.8 Å². The van der Waals surface area contributed by atoms with Crippen molar-refractivity contribution in [3.8, 4) is 0 Å². The fraction of sp³-hybridized carbons (Fsp3) is 0.517. The maximum absolute atomic E-state index is 11.7. The van der Waals surface area contributed by atoms with Gasteiger partial charge < -0.3 is 14.6 Å². The largest absolute Gasteiger partial charge is 0.465 e. The number of carbonyl (C=O) groups is 2. The number of hydrogen-bond donors (Lipinski definition) is 1. The summed E-state index contributed by atoms with van der Waals surface area (Å²) in [6.45, 7) is 1.01. The van der Waals surface area contributed by atoms with E-state index < -0.39 is 0 Å². The molecule has 0 radical (unpaired) electrons. The first-order chi connectivity index (χ1) is 16.6. The Hall–Kier alpha value is -2.66. The molecule has 2 aromatic carbocycles. The summed E-state index contributed by atoms with van der Waals surface area (Å²) in [6, 6.07) is 18.1. The second kappa shape index (κ2) is 16.9. The van der Waals surface area contributed by atoms with Crippen LogP contribution >= 0.6 is 0 Å². The molecular weight excluding hydrogens is 428 g/mol. The molecule has 1 N–H and O–H groups in total. The van der Waals surface area contributed by atoms with E-state index in [4.69, 9.17) is 9.84 Å². The highest BCUT2D eigenvalue weighted by atomic mass is 16.5. The van der Waals surface area contributed by atoms with Gasteiger partial charge in [0.25, 0.3) is 0 Å². The lowest BCUT2D eigenvalue weighted by molar-refractivity contribution is 0.0410. The van der Waals surface area contributed by atoms with E-state index in [0.29, 0.717) is 36.2 Å². The molecule has 0 aliphatic heterocycles. The van der Waals surface area contributed by atoms with E-state index in [-0.39, 0.29) is 11.9 Å². The minimum atomic E-state index is -0.291. The van der Waals surface area contributed by atoms with Crippen LogP contribution < -0.4 is 0 Å². The first-order valence-corrected chi connectivity index (χ1v) is 12.6. The molecule has 2 fully saturated rings. The number of methoxy groups -OCH3 is 1. The maximum Gasteiger partial charge on any atom is 0.338 e. The van der Waals surface area contributed by atoms with Crippen molar-refractivity contribution in [2.24, 2.45) is 11.8 Å². The van der Waals surface area contributed by atoms with Gasteiger partial charge in [0, 0.05) is 6.61 Å². The van der Waals surface area contributed by atoms with Crippen LogP contribution in [0.25, 0.3) is 0 Å². The summed E-state index contributed by atoms with van der Waals surface area (Å²) < 4.78 is 9.83. The smallest absolute Gasteiger partial charge is 0.338 e. The van der Waals surface area contributed by atoms with Crippen molar-refractivity contribution >= 4 is 11.9 Å². The van der Waals surface area contributed by atoms with Crippen LogP contribution in [-0.4, -0.2) is 37.4 Å². The molecule has 186 valence electrons. The number of rotatable bonds is 5. The van der Waals surface area contributed by atoms with Crippen LogP contribution in [0.5, 0.6) is 0 Å². The lowest BCUT2D eigenvalue weighted by atomic mass is 9.90. The Kier molecular flexibility index (Phi) is 13.7. The quantitative estimate of drug-likeness (QED) is 0.510. The van der Waals surface area contributed by atoms with Gasteiger partial charge in [-0.2, -0.15) is 0 Å². The Morgan fingerprint density at radius 2 is 1.15 bits per heavy atom. The van der Waals surface area contributed by atoms with Gasteiger partial charge in [-0.1, -0.05) is 74.9 Å². The van der Waals surface area contributed by atoms with Crippen LogP contribution in [0.1, 0.15) is 84.9 Å². The molecule has 0 spiro atoms. The molecular formula is C29H40O5. The van der Waals surface area contributed by atoms with Gasteiger partial charge in [-0.05, 0) is 61.8 Å². The van der Waals surface area contributed by atoms with Gasteiger partial charge in [-0.3, -0.25) is 0 Å². The maximum atomic E-state index is 11.7. The standard InChI is InChI=1S/C14H18O2.C8H8O2.C7H14O/c15-14(13-9-5-2-6-10-13)16-11-12-7-3-1-4-8-12;1-10-8(9)7-5-3-2-4-6-7;8-6-7-4-2-1-3-5-7/h2,5-6,9-10,12H,1,3-4,7-8,11H2;2-6H,1H3;7-8H,1-6H2. The molecule has 2 aliphatic carbocycles. The van der Waals surface area contributed by atoms with Crippen LogP contribution in [-0.2, 0) is 9.47 Å². The van der Waals surface area contributed by atoms with Gasteiger partial charge in [-0.15, -0.1) is 0 Å². The lowest BCUT2D eigenvalue weighted by Gasteiger charge is -2.20. The predicted molar refractivity (Wildman–Crippen MR) is 135 cm³/mol. The average Bonchev–Trinajstić information content (AvgIpc) is 2.94. The van der Waals surface area contributed by atoms with Crippen molar-refractivity contribution in [3.05, 3.63) is 71.8 Å². The van der Waals surface area contributed by atoms with Crippen LogP contribution in [0.3, 0.4) is 0 Å². The van der Waals surface area contributed by atoms with Crippen LogP contribution in [0.15, 0.2) is 60.7 Å². The van der Waals surface area contributed by atoms with E-state index in [1.54, 1.807) is 36.4 Å². The molecule has 0 saturated heterocycles. The molecule has 0 unspecified atom stereocenters. The minimum absolute atomic E-state index is 0.189. The summed E-state index contributed by atoms with van der Waals surface area (Å²) in [5.74, 6) is 0.747. The Labute approximate surface area is 204 Å². The lowest BCUT2D eigenvalue weighted by Crippen LogP contribution is -2.16. The Morgan fingerprint density at radius 3 is 1.56 bits per heavy atom. The minimum Gasteiger partial charge on any atom is -0.465 e. The van der Waals surface area contributed by atoms with Gasteiger partial charge in [-0.25, -0.2) is 9.59 Å². The average molecular weight is 469 g/mol. The molecule has 2 aliphatic rings. The summed E-state index contributed by atoms with van der Waals surface area (Å²) in [5, 5.41) is 8.69. The summed E-state index contributed by atoms with van der Waals surface area (Å²) in [6.07, 6.45) is 12.9. The molecule has 5 heteroatoms. The number of benzene rings is 2. The van der Waals surface area contributed by atoms with Gasteiger partial charge in [0.15, 0.2) is 0 Å². The van der Waals surface area contributed by atoms with Crippen LogP contribution in [0.4, 0.5) is 0 Å². The molecule has 34 heavy (non-hydrogen) atoms. The second-order valence-electron chi connectivity index (χ2n) is 9.01. The third kappa shape index (κ3) is 11.0. The fourth-order valence-electron chi connectivity index (χ4n) is 4.27. The Morgan fingerprint density at radius 1 is 0.706 bits per heavy atom. The zero-order chi connectivity index (χ0) is 24.4. The highest BCUT2D eigenvalue weighted by Gasteiger charge is 2.16. The van der Waals surface area contributed by atoms with E-state index >= 15 is 0 Å². The van der Waals surface area contributed by atoms with E-state index in [1.165, 1.54) is 71.3 Å². The highest BCUT2D eigenvalue weighted by molar-refractivity contribution is 5.89. The molecule has 4 rings (SSSR count). The van der Waals surface area contributed by atoms with Gasteiger partial charge in [0.2, 0.25) is 0 Å². The van der Waals surface area contributed by atoms with Crippen molar-refractivity contribution < 1.29 is 24.2 Å². The fourth-order valence-corrected chi connectivity index (χ4v) is 4.27. The van der Waals surface area contributed by atoms with Gasteiger partial charge in [0.1, 0.15) is 0 Å². The van der Waals surface area contributed by atoms with E-state index in [2.05, 4.69) is 4.74 Å². The zero-order valence-corrected chi connectivity index (χ0v) is 20.5. The first kappa shape index (κ1) is 27.6. The number of hydrogen-bond acceptors (Lipinski definition) is 5. The number of esters is 2. The van der Waals surface area contributed by atoms with E-state index in [1.807, 2.05) is 24.3 Å². The summed E-state index contributed by atoms with van der Waals surface area (Å²) in [7, 11) is 1.37. The van der Waals surface area contributed by atoms with Crippen molar-refractivity contribution in [3.63, 3.8) is 0 Å². The topological polar surface area (TPSA) is 72.8 Å². The van der Waals surface area contributed by atoms with Gasteiger partial charge >= 0.3 is 11.9 Å². The second-order valence-corrected chi connectivity index (χ2v) is 9.01. The molecule has 0 heterocycles. The summed E-state index contributed by atoms with van der Waals surface area (Å²) in [5.41, 5.74) is 1.24. The molecule has 0 bridgehead atoms. The van der Waals surface area contributed by atoms with E-state index in [0.717, 1.165) is 0 Å². The molecule has 2 saturated carbocycles. The number of aliphatic hydroxyl groups is 1. The predicted octanol–water partition coefficient (Wildman–Crippen LogP) is 6.46. The number of carbonyl (C=O) groups excluding carboxylic acids is 2. The van der Waals surface area contributed by atoms with Crippen molar-refractivity contribution in [2.75, 3.05) is 20.3 Å². The SMILES string of the molecule is COC(=O)c1ccccc1.O=C(OCC1CCCCC1)c1ccccc1.OCC1CCCCC1. The van der Waals surface area contributed by atoms with Gasteiger partial charge in [0.05, 0.1) is 24.8 Å². The van der Waals surface area contributed by atoms with Crippen molar-refractivity contribution in [1.82, 2.24) is 0 Å². The van der Waals surface area contributed by atoms with Crippen LogP contribution in [0.2, 0.25) is 0 Å². The van der Waals surface area contributed by atoms with Crippen molar-refractivity contribution in [2.45, 2.75) is 64.2 Å².